The van der Waals surface area contributed by atoms with Crippen LogP contribution in [0.5, 0.6) is 0 Å². The Morgan fingerprint density at radius 2 is 2.33 bits per heavy atom. The Balaban J connectivity index is 3.27. The van der Waals surface area contributed by atoms with Gasteiger partial charge in [0.2, 0.25) is 0 Å². The highest BCUT2D eigenvalue weighted by Gasteiger charge is 1.99. The standard InChI is InChI=1S/C4H12NO3P/c1-3-7-9(6)8-4(2)5/h4,9H,3,5H2,1-2H3. The number of hydrogen-bond acceptors (Lipinski definition) is 4. The molecule has 0 amide bonds. The van der Waals surface area contributed by atoms with Crippen LogP contribution in [0.25, 0.3) is 0 Å². The third-order valence-electron chi connectivity index (χ3n) is 0.544. The topological polar surface area (TPSA) is 61.5 Å². The van der Waals surface area contributed by atoms with Crippen molar-refractivity contribution in [2.75, 3.05) is 6.61 Å². The van der Waals surface area contributed by atoms with Gasteiger partial charge in [-0.2, -0.15) is 0 Å². The molecule has 56 valence electrons. The van der Waals surface area contributed by atoms with Crippen molar-refractivity contribution >= 4 is 8.25 Å². The van der Waals surface area contributed by atoms with E-state index in [-0.39, 0.29) is 0 Å². The van der Waals surface area contributed by atoms with Gasteiger partial charge in [-0.15, -0.1) is 0 Å². The molecule has 2 unspecified atom stereocenters. The molecule has 0 heterocycles. The average Bonchev–Trinajstić information content (AvgIpc) is 1.63. The summed E-state index contributed by atoms with van der Waals surface area (Å²) in [5.74, 6) is 0. The second-order valence-corrected chi connectivity index (χ2v) is 2.53. The molecule has 2 N–H and O–H groups in total. The van der Waals surface area contributed by atoms with E-state index in [1.165, 1.54) is 0 Å². The van der Waals surface area contributed by atoms with E-state index >= 15 is 0 Å². The lowest BCUT2D eigenvalue weighted by Crippen LogP contribution is -2.15. The highest BCUT2D eigenvalue weighted by molar-refractivity contribution is 7.33. The Morgan fingerprint density at radius 3 is 2.67 bits per heavy atom. The Morgan fingerprint density at radius 1 is 1.78 bits per heavy atom. The van der Waals surface area contributed by atoms with E-state index in [9.17, 15) is 4.57 Å². The van der Waals surface area contributed by atoms with Gasteiger partial charge in [0.25, 0.3) is 0 Å². The molecular weight excluding hydrogens is 141 g/mol. The SMILES string of the molecule is CCO[PH](=O)OC(C)N. The number of nitrogens with two attached hydrogens (primary N) is 1. The Kier molecular flexibility index (Phi) is 5.00. The second kappa shape index (κ2) is 4.94. The first-order valence-electron chi connectivity index (χ1n) is 2.75. The van der Waals surface area contributed by atoms with E-state index < -0.39 is 14.5 Å². The van der Waals surface area contributed by atoms with Gasteiger partial charge in [-0.25, -0.2) is 0 Å². The lowest BCUT2D eigenvalue weighted by Gasteiger charge is -2.05. The Labute approximate surface area is 55.3 Å². The van der Waals surface area contributed by atoms with Crippen LogP contribution in [0.3, 0.4) is 0 Å². The molecule has 0 aliphatic carbocycles. The van der Waals surface area contributed by atoms with Crippen molar-refractivity contribution in [2.24, 2.45) is 5.73 Å². The molecule has 4 nitrogen and oxygen atoms in total. The molecule has 0 rings (SSSR count). The lowest BCUT2D eigenvalue weighted by atomic mass is 10.7. The van der Waals surface area contributed by atoms with Gasteiger partial charge in [0.1, 0.15) is 6.23 Å². The number of rotatable bonds is 4. The molecule has 0 saturated carbocycles. The van der Waals surface area contributed by atoms with Gasteiger partial charge < -0.3 is 10.3 Å². The first-order chi connectivity index (χ1) is 4.16. The van der Waals surface area contributed by atoms with E-state index in [2.05, 4.69) is 9.05 Å². The van der Waals surface area contributed by atoms with Crippen LogP contribution in [0.2, 0.25) is 0 Å². The molecule has 0 radical (unpaired) electrons. The van der Waals surface area contributed by atoms with E-state index in [1.54, 1.807) is 13.8 Å². The molecule has 0 bridgehead atoms. The average molecular weight is 153 g/mol. The van der Waals surface area contributed by atoms with Gasteiger partial charge in [0.05, 0.1) is 6.61 Å². The third-order valence-corrected chi connectivity index (χ3v) is 1.63. The fraction of sp³-hybridized carbons (Fsp3) is 1.00. The van der Waals surface area contributed by atoms with E-state index in [1.807, 2.05) is 0 Å². The number of hydrogen-bond donors (Lipinski definition) is 1. The summed E-state index contributed by atoms with van der Waals surface area (Å²) in [5, 5.41) is 0. The van der Waals surface area contributed by atoms with Crippen LogP contribution in [0.4, 0.5) is 0 Å². The molecule has 0 spiro atoms. The monoisotopic (exact) mass is 153 g/mol. The van der Waals surface area contributed by atoms with Gasteiger partial charge in [-0.3, -0.25) is 9.09 Å². The van der Waals surface area contributed by atoms with Crippen LogP contribution in [0.15, 0.2) is 0 Å². The highest BCUT2D eigenvalue weighted by Crippen LogP contribution is 2.23. The minimum atomic E-state index is -2.32. The van der Waals surface area contributed by atoms with Crippen LogP contribution in [-0.2, 0) is 13.6 Å². The van der Waals surface area contributed by atoms with Gasteiger partial charge in [0, 0.05) is 0 Å². The highest BCUT2D eigenvalue weighted by atomic mass is 31.1. The van der Waals surface area contributed by atoms with Crippen LogP contribution in [0.1, 0.15) is 13.8 Å². The Bertz CT molecular complexity index is 95.8. The van der Waals surface area contributed by atoms with E-state index in [4.69, 9.17) is 5.73 Å². The third kappa shape index (κ3) is 5.99. The molecule has 0 aromatic carbocycles. The first kappa shape index (κ1) is 9.11. The van der Waals surface area contributed by atoms with Crippen molar-refractivity contribution in [1.82, 2.24) is 0 Å². The fourth-order valence-corrected chi connectivity index (χ4v) is 0.911. The maximum atomic E-state index is 10.5. The van der Waals surface area contributed by atoms with Crippen molar-refractivity contribution in [1.29, 1.82) is 0 Å². The van der Waals surface area contributed by atoms with Crippen LogP contribution in [0, 0.1) is 0 Å². The Hall–Kier alpha value is 0.110. The molecule has 0 aliphatic heterocycles. The van der Waals surface area contributed by atoms with Gasteiger partial charge in [-0.1, -0.05) is 0 Å². The van der Waals surface area contributed by atoms with Crippen molar-refractivity contribution in [2.45, 2.75) is 20.1 Å². The largest absolute Gasteiger partial charge is 0.320 e. The van der Waals surface area contributed by atoms with Crippen LogP contribution >= 0.6 is 8.25 Å². The van der Waals surface area contributed by atoms with Crippen LogP contribution in [-0.4, -0.2) is 12.8 Å². The van der Waals surface area contributed by atoms with E-state index in [0.717, 1.165) is 0 Å². The smallest absolute Gasteiger partial charge is 0.311 e. The molecule has 0 aliphatic rings. The van der Waals surface area contributed by atoms with Crippen molar-refractivity contribution < 1.29 is 13.6 Å². The second-order valence-electron chi connectivity index (χ2n) is 1.51. The maximum Gasteiger partial charge on any atom is 0.320 e. The predicted molar refractivity (Wildman–Crippen MR) is 35.4 cm³/mol. The molecule has 0 fully saturated rings. The minimum Gasteiger partial charge on any atom is -0.311 e. The lowest BCUT2D eigenvalue weighted by molar-refractivity contribution is 0.185. The summed E-state index contributed by atoms with van der Waals surface area (Å²) in [4.78, 5) is 0. The minimum absolute atomic E-state index is 0.393. The summed E-state index contributed by atoms with van der Waals surface area (Å²) in [6, 6.07) is 0. The normalized spacial score (nSPS) is 17.2. The zero-order valence-corrected chi connectivity index (χ0v) is 6.59. The molecule has 9 heavy (non-hydrogen) atoms. The van der Waals surface area contributed by atoms with Crippen LogP contribution < -0.4 is 5.73 Å². The quantitative estimate of drug-likeness (QED) is 0.477. The zero-order valence-electron chi connectivity index (χ0n) is 5.59. The van der Waals surface area contributed by atoms with E-state index in [0.29, 0.717) is 6.61 Å². The molecule has 2 atom stereocenters. The summed E-state index contributed by atoms with van der Waals surface area (Å²) in [6.45, 7) is 3.74. The summed E-state index contributed by atoms with van der Waals surface area (Å²) in [7, 11) is -2.32. The summed E-state index contributed by atoms with van der Waals surface area (Å²) >= 11 is 0. The fourth-order valence-electron chi connectivity index (χ4n) is 0.304. The van der Waals surface area contributed by atoms with Gasteiger partial charge in [-0.05, 0) is 13.8 Å². The summed E-state index contributed by atoms with van der Waals surface area (Å²) in [5.41, 5.74) is 5.15. The van der Waals surface area contributed by atoms with Gasteiger partial charge >= 0.3 is 8.25 Å². The molecule has 0 aromatic rings. The van der Waals surface area contributed by atoms with Crippen molar-refractivity contribution in [3.8, 4) is 0 Å². The molecule has 0 saturated heterocycles. The maximum absolute atomic E-state index is 10.5. The first-order valence-corrected chi connectivity index (χ1v) is 3.98. The molecular formula is C4H12NO3P. The molecule has 0 aromatic heterocycles. The van der Waals surface area contributed by atoms with Crippen molar-refractivity contribution in [3.63, 3.8) is 0 Å². The summed E-state index contributed by atoms with van der Waals surface area (Å²) < 4.78 is 19.7. The summed E-state index contributed by atoms with van der Waals surface area (Å²) in [6.07, 6.45) is -0.511. The predicted octanol–water partition coefficient (Wildman–Crippen LogP) is 0.734. The van der Waals surface area contributed by atoms with Crippen molar-refractivity contribution in [3.05, 3.63) is 0 Å². The van der Waals surface area contributed by atoms with Gasteiger partial charge in [0.15, 0.2) is 0 Å². The molecule has 5 heteroatoms. The zero-order chi connectivity index (χ0) is 7.28.